The van der Waals surface area contributed by atoms with Crippen LogP contribution in [0.1, 0.15) is 30.3 Å². The van der Waals surface area contributed by atoms with Crippen molar-refractivity contribution in [3.05, 3.63) is 48.4 Å². The number of rotatable bonds is 7. The average Bonchev–Trinajstić information content (AvgIpc) is 3.32. The maximum atomic E-state index is 12.9. The van der Waals surface area contributed by atoms with E-state index in [9.17, 15) is 14.4 Å². The third-order valence-corrected chi connectivity index (χ3v) is 5.27. The maximum Gasteiger partial charge on any atom is 0.289 e. The van der Waals surface area contributed by atoms with Crippen LogP contribution in [0.2, 0.25) is 0 Å². The standard InChI is InChI=1S/C22H27N3O5/c1-3-24(15-20(26)23-17-7-4-5-8-18(17)29-2)21(27)16-10-12-25(13-11-16)22(28)19-9-6-14-30-19/h4-9,14,16H,3,10-13,15H2,1-2H3,(H,23,26). The molecule has 8 nitrogen and oxygen atoms in total. The summed E-state index contributed by atoms with van der Waals surface area (Å²) in [5.74, 6) is 0.175. The predicted octanol–water partition coefficient (Wildman–Crippen LogP) is 2.63. The summed E-state index contributed by atoms with van der Waals surface area (Å²) in [5.41, 5.74) is 0.568. The second-order valence-corrected chi connectivity index (χ2v) is 7.14. The molecule has 3 rings (SSSR count). The van der Waals surface area contributed by atoms with Gasteiger partial charge in [-0.25, -0.2) is 0 Å². The first-order valence-corrected chi connectivity index (χ1v) is 10.1. The Morgan fingerprint density at radius 1 is 1.17 bits per heavy atom. The molecule has 0 bridgehead atoms. The first-order valence-electron chi connectivity index (χ1n) is 10.1. The van der Waals surface area contributed by atoms with Crippen molar-refractivity contribution >= 4 is 23.4 Å². The number of carbonyl (C=O) groups is 3. The van der Waals surface area contributed by atoms with Crippen LogP contribution < -0.4 is 10.1 Å². The Kier molecular flexibility index (Phi) is 7.11. The van der Waals surface area contributed by atoms with E-state index in [1.54, 1.807) is 40.1 Å². The number of hydrogen-bond acceptors (Lipinski definition) is 5. The normalized spacial score (nSPS) is 14.3. The highest BCUT2D eigenvalue weighted by atomic mass is 16.5. The van der Waals surface area contributed by atoms with E-state index in [4.69, 9.17) is 9.15 Å². The number of methoxy groups -OCH3 is 1. The first-order chi connectivity index (χ1) is 14.5. The number of furan rings is 1. The number of amides is 3. The molecule has 30 heavy (non-hydrogen) atoms. The van der Waals surface area contributed by atoms with Gasteiger partial charge in [0.1, 0.15) is 5.75 Å². The minimum atomic E-state index is -0.278. The van der Waals surface area contributed by atoms with Crippen molar-refractivity contribution in [2.24, 2.45) is 5.92 Å². The first kappa shape index (κ1) is 21.4. The van der Waals surface area contributed by atoms with Gasteiger partial charge in [-0.3, -0.25) is 14.4 Å². The summed E-state index contributed by atoms with van der Waals surface area (Å²) >= 11 is 0. The molecule has 1 saturated heterocycles. The van der Waals surface area contributed by atoms with Crippen molar-refractivity contribution in [2.45, 2.75) is 19.8 Å². The molecular weight excluding hydrogens is 386 g/mol. The molecule has 0 radical (unpaired) electrons. The van der Waals surface area contributed by atoms with E-state index in [-0.39, 0.29) is 30.2 Å². The number of likely N-dealkylation sites (tertiary alicyclic amines) is 1. The fourth-order valence-corrected chi connectivity index (χ4v) is 3.60. The van der Waals surface area contributed by atoms with Crippen molar-refractivity contribution in [2.75, 3.05) is 38.6 Å². The SMILES string of the molecule is CCN(CC(=O)Nc1ccccc1OC)C(=O)C1CCN(C(=O)c2ccco2)CC1. The van der Waals surface area contributed by atoms with Crippen molar-refractivity contribution in [3.63, 3.8) is 0 Å². The van der Waals surface area contributed by atoms with E-state index in [0.29, 0.717) is 49.7 Å². The van der Waals surface area contributed by atoms with Gasteiger partial charge in [0.05, 0.1) is 25.6 Å². The third-order valence-electron chi connectivity index (χ3n) is 5.27. The quantitative estimate of drug-likeness (QED) is 0.753. The maximum absolute atomic E-state index is 12.9. The van der Waals surface area contributed by atoms with Gasteiger partial charge in [-0.1, -0.05) is 12.1 Å². The summed E-state index contributed by atoms with van der Waals surface area (Å²) in [6.45, 7) is 3.23. The van der Waals surface area contributed by atoms with E-state index in [1.807, 2.05) is 13.0 Å². The minimum Gasteiger partial charge on any atom is -0.495 e. The molecule has 0 unspecified atom stereocenters. The number of para-hydroxylation sites is 2. The molecule has 1 aliphatic heterocycles. The van der Waals surface area contributed by atoms with Crippen molar-refractivity contribution in [3.8, 4) is 5.75 Å². The lowest BCUT2D eigenvalue weighted by molar-refractivity contribution is -0.139. The fourth-order valence-electron chi connectivity index (χ4n) is 3.60. The number of ether oxygens (including phenoxy) is 1. The zero-order valence-electron chi connectivity index (χ0n) is 17.3. The van der Waals surface area contributed by atoms with Crippen LogP contribution in [0.5, 0.6) is 5.75 Å². The van der Waals surface area contributed by atoms with Crippen LogP contribution in [0.3, 0.4) is 0 Å². The predicted molar refractivity (Wildman–Crippen MR) is 111 cm³/mol. The second-order valence-electron chi connectivity index (χ2n) is 7.14. The highest BCUT2D eigenvalue weighted by molar-refractivity contribution is 5.96. The topological polar surface area (TPSA) is 92.1 Å². The van der Waals surface area contributed by atoms with Gasteiger partial charge in [-0.2, -0.15) is 0 Å². The third kappa shape index (κ3) is 5.00. The minimum absolute atomic E-state index is 0.0288. The van der Waals surface area contributed by atoms with Gasteiger partial charge in [0, 0.05) is 25.6 Å². The molecule has 3 amide bonds. The Bertz CT molecular complexity index is 873. The summed E-state index contributed by atoms with van der Waals surface area (Å²) < 4.78 is 10.4. The van der Waals surface area contributed by atoms with E-state index in [1.165, 1.54) is 13.4 Å². The number of piperidine rings is 1. The molecule has 1 fully saturated rings. The van der Waals surface area contributed by atoms with Gasteiger partial charge in [0.25, 0.3) is 5.91 Å². The molecule has 160 valence electrons. The van der Waals surface area contributed by atoms with E-state index >= 15 is 0 Å². The van der Waals surface area contributed by atoms with E-state index < -0.39 is 0 Å². The van der Waals surface area contributed by atoms with Gasteiger partial charge in [0.2, 0.25) is 11.8 Å². The van der Waals surface area contributed by atoms with E-state index in [0.717, 1.165) is 0 Å². The molecule has 0 spiro atoms. The van der Waals surface area contributed by atoms with Crippen LogP contribution in [0.4, 0.5) is 5.69 Å². The number of hydrogen-bond donors (Lipinski definition) is 1. The zero-order valence-corrected chi connectivity index (χ0v) is 17.3. The number of nitrogens with one attached hydrogen (secondary N) is 1. The van der Waals surface area contributed by atoms with Crippen molar-refractivity contribution in [1.29, 1.82) is 0 Å². The van der Waals surface area contributed by atoms with Crippen LogP contribution in [-0.2, 0) is 9.59 Å². The Morgan fingerprint density at radius 2 is 1.90 bits per heavy atom. The second kappa shape index (κ2) is 9.96. The number of likely N-dealkylation sites (N-methyl/N-ethyl adjacent to an activating group) is 1. The number of nitrogens with zero attached hydrogens (tertiary/aromatic N) is 2. The van der Waals surface area contributed by atoms with Crippen LogP contribution in [-0.4, -0.2) is 60.8 Å². The molecule has 0 saturated carbocycles. The number of benzene rings is 1. The van der Waals surface area contributed by atoms with Crippen LogP contribution in [0.25, 0.3) is 0 Å². The Balaban J connectivity index is 1.53. The molecule has 0 aliphatic carbocycles. The Labute approximate surface area is 175 Å². The van der Waals surface area contributed by atoms with Crippen molar-refractivity contribution < 1.29 is 23.5 Å². The summed E-state index contributed by atoms with van der Waals surface area (Å²) in [5, 5.41) is 2.80. The summed E-state index contributed by atoms with van der Waals surface area (Å²) in [6, 6.07) is 10.5. The monoisotopic (exact) mass is 413 g/mol. The molecule has 2 aromatic rings. The van der Waals surface area contributed by atoms with Crippen LogP contribution >= 0.6 is 0 Å². The average molecular weight is 413 g/mol. The Morgan fingerprint density at radius 3 is 2.53 bits per heavy atom. The lowest BCUT2D eigenvalue weighted by Crippen LogP contribution is -2.46. The van der Waals surface area contributed by atoms with Gasteiger partial charge in [-0.15, -0.1) is 0 Å². The smallest absolute Gasteiger partial charge is 0.289 e. The van der Waals surface area contributed by atoms with E-state index in [2.05, 4.69) is 5.32 Å². The highest BCUT2D eigenvalue weighted by Crippen LogP contribution is 2.24. The summed E-state index contributed by atoms with van der Waals surface area (Å²) in [6.07, 6.45) is 2.60. The molecule has 1 aromatic carbocycles. The Hall–Kier alpha value is -3.29. The molecule has 1 aromatic heterocycles. The lowest BCUT2D eigenvalue weighted by Gasteiger charge is -2.33. The molecule has 1 aliphatic rings. The molecule has 8 heteroatoms. The van der Waals surface area contributed by atoms with Crippen LogP contribution in [0, 0.1) is 5.92 Å². The number of carbonyl (C=O) groups excluding carboxylic acids is 3. The zero-order chi connectivity index (χ0) is 21.5. The molecule has 1 N–H and O–H groups in total. The molecular formula is C22H27N3O5. The van der Waals surface area contributed by atoms with Gasteiger partial charge >= 0.3 is 0 Å². The fraction of sp³-hybridized carbons (Fsp3) is 0.409. The largest absolute Gasteiger partial charge is 0.495 e. The van der Waals surface area contributed by atoms with Gasteiger partial charge in [0.15, 0.2) is 5.76 Å². The van der Waals surface area contributed by atoms with Gasteiger partial charge < -0.3 is 24.3 Å². The molecule has 2 heterocycles. The highest BCUT2D eigenvalue weighted by Gasteiger charge is 2.31. The summed E-state index contributed by atoms with van der Waals surface area (Å²) in [4.78, 5) is 41.1. The number of anilines is 1. The van der Waals surface area contributed by atoms with Gasteiger partial charge in [-0.05, 0) is 44.0 Å². The lowest BCUT2D eigenvalue weighted by atomic mass is 9.95. The summed E-state index contributed by atoms with van der Waals surface area (Å²) in [7, 11) is 1.54. The van der Waals surface area contributed by atoms with Crippen molar-refractivity contribution in [1.82, 2.24) is 9.80 Å². The van der Waals surface area contributed by atoms with Crippen LogP contribution in [0.15, 0.2) is 47.1 Å². The molecule has 0 atom stereocenters.